The Hall–Kier alpha value is -0.930. The molecule has 0 aliphatic carbocycles. The highest BCUT2D eigenvalue weighted by atomic mass is 15.2. The van der Waals surface area contributed by atoms with Crippen molar-refractivity contribution in [2.24, 2.45) is 5.73 Å². The van der Waals surface area contributed by atoms with Crippen LogP contribution in [0.25, 0.3) is 0 Å². The summed E-state index contributed by atoms with van der Waals surface area (Å²) in [6.45, 7) is 2.88. The minimum absolute atomic E-state index is 0.546. The zero-order valence-electron chi connectivity index (χ0n) is 9.81. The predicted molar refractivity (Wildman–Crippen MR) is 66.0 cm³/mol. The molecule has 1 aromatic heterocycles. The van der Waals surface area contributed by atoms with Gasteiger partial charge in [0.2, 0.25) is 0 Å². The Bertz CT molecular complexity index is 299. The lowest BCUT2D eigenvalue weighted by atomic mass is 10.1. The van der Waals surface area contributed by atoms with Crippen molar-refractivity contribution < 1.29 is 0 Å². The van der Waals surface area contributed by atoms with Gasteiger partial charge in [-0.05, 0) is 31.5 Å². The summed E-state index contributed by atoms with van der Waals surface area (Å²) in [5.74, 6) is 0. The zero-order valence-corrected chi connectivity index (χ0v) is 9.81. The van der Waals surface area contributed by atoms with Gasteiger partial charge in [0.05, 0.1) is 5.69 Å². The molecule has 2 rings (SSSR count). The molecule has 1 aliphatic heterocycles. The molecule has 16 heavy (non-hydrogen) atoms. The van der Waals surface area contributed by atoms with E-state index >= 15 is 0 Å². The van der Waals surface area contributed by atoms with E-state index in [1.807, 2.05) is 12.3 Å². The highest BCUT2D eigenvalue weighted by Crippen LogP contribution is 2.17. The standard InChI is InChI=1S/C13H21N3/c14-10-13-7-2-1-5-9-16(13)11-12-6-3-4-8-15-12/h3-4,6,8,13H,1-2,5,7,9-11,14H2. The first-order valence-corrected chi connectivity index (χ1v) is 6.24. The van der Waals surface area contributed by atoms with Crippen LogP contribution in [0.3, 0.4) is 0 Å². The molecule has 1 aliphatic rings. The molecule has 1 aromatic rings. The lowest BCUT2D eigenvalue weighted by Crippen LogP contribution is -2.39. The Labute approximate surface area is 97.7 Å². The van der Waals surface area contributed by atoms with E-state index in [4.69, 9.17) is 5.73 Å². The minimum Gasteiger partial charge on any atom is -0.329 e. The van der Waals surface area contributed by atoms with Crippen molar-refractivity contribution in [1.82, 2.24) is 9.88 Å². The molecular formula is C13H21N3. The summed E-state index contributed by atoms with van der Waals surface area (Å²) in [5, 5.41) is 0. The van der Waals surface area contributed by atoms with Crippen LogP contribution in [0, 0.1) is 0 Å². The van der Waals surface area contributed by atoms with Gasteiger partial charge in [0.1, 0.15) is 0 Å². The largest absolute Gasteiger partial charge is 0.329 e. The van der Waals surface area contributed by atoms with Crippen LogP contribution in [0.4, 0.5) is 0 Å². The number of aromatic nitrogens is 1. The molecule has 0 bridgehead atoms. The molecule has 0 radical (unpaired) electrons. The van der Waals surface area contributed by atoms with Crippen molar-refractivity contribution >= 4 is 0 Å². The highest BCUT2D eigenvalue weighted by molar-refractivity contribution is 5.03. The topological polar surface area (TPSA) is 42.1 Å². The Morgan fingerprint density at radius 3 is 3.00 bits per heavy atom. The van der Waals surface area contributed by atoms with Gasteiger partial charge >= 0.3 is 0 Å². The molecule has 1 fully saturated rings. The van der Waals surface area contributed by atoms with Crippen molar-refractivity contribution in [2.75, 3.05) is 13.1 Å². The molecular weight excluding hydrogens is 198 g/mol. The molecule has 1 atom stereocenters. The van der Waals surface area contributed by atoms with Gasteiger partial charge < -0.3 is 5.73 Å². The number of hydrogen-bond acceptors (Lipinski definition) is 3. The number of pyridine rings is 1. The lowest BCUT2D eigenvalue weighted by molar-refractivity contribution is 0.193. The second-order valence-corrected chi connectivity index (χ2v) is 4.53. The zero-order chi connectivity index (χ0) is 11.2. The van der Waals surface area contributed by atoms with Crippen LogP contribution < -0.4 is 5.73 Å². The van der Waals surface area contributed by atoms with Crippen molar-refractivity contribution in [3.8, 4) is 0 Å². The van der Waals surface area contributed by atoms with Crippen LogP contribution in [-0.2, 0) is 6.54 Å². The van der Waals surface area contributed by atoms with Crippen LogP contribution >= 0.6 is 0 Å². The van der Waals surface area contributed by atoms with E-state index in [9.17, 15) is 0 Å². The van der Waals surface area contributed by atoms with E-state index in [-0.39, 0.29) is 0 Å². The fourth-order valence-electron chi connectivity index (χ4n) is 2.41. The number of likely N-dealkylation sites (tertiary alicyclic amines) is 1. The highest BCUT2D eigenvalue weighted by Gasteiger charge is 2.19. The lowest BCUT2D eigenvalue weighted by Gasteiger charge is -2.28. The van der Waals surface area contributed by atoms with E-state index in [0.717, 1.165) is 18.8 Å². The molecule has 1 saturated heterocycles. The van der Waals surface area contributed by atoms with Crippen molar-refractivity contribution in [1.29, 1.82) is 0 Å². The smallest absolute Gasteiger partial charge is 0.0544 e. The number of nitrogens with zero attached hydrogens (tertiary/aromatic N) is 2. The Morgan fingerprint density at radius 2 is 2.25 bits per heavy atom. The third-order valence-corrected chi connectivity index (χ3v) is 3.36. The Morgan fingerprint density at radius 1 is 1.31 bits per heavy atom. The van der Waals surface area contributed by atoms with Gasteiger partial charge in [-0.2, -0.15) is 0 Å². The molecule has 0 saturated carbocycles. The van der Waals surface area contributed by atoms with Gasteiger partial charge in [0.25, 0.3) is 0 Å². The first kappa shape index (κ1) is 11.6. The Balaban J connectivity index is 2.00. The SMILES string of the molecule is NCC1CCCCCN1Cc1ccccn1. The summed E-state index contributed by atoms with van der Waals surface area (Å²) in [6.07, 6.45) is 7.06. The molecule has 2 N–H and O–H groups in total. The molecule has 0 amide bonds. The maximum Gasteiger partial charge on any atom is 0.0544 e. The minimum atomic E-state index is 0.546. The number of rotatable bonds is 3. The summed E-state index contributed by atoms with van der Waals surface area (Å²) < 4.78 is 0. The van der Waals surface area contributed by atoms with Crippen LogP contribution in [0.2, 0.25) is 0 Å². The number of nitrogens with two attached hydrogens (primary N) is 1. The fraction of sp³-hybridized carbons (Fsp3) is 0.615. The van der Waals surface area contributed by atoms with Crippen molar-refractivity contribution in [3.63, 3.8) is 0 Å². The molecule has 0 aromatic carbocycles. The molecule has 2 heterocycles. The summed E-state index contributed by atoms with van der Waals surface area (Å²) in [6, 6.07) is 6.66. The normalized spacial score (nSPS) is 22.9. The first-order valence-electron chi connectivity index (χ1n) is 6.24. The summed E-state index contributed by atoms with van der Waals surface area (Å²) in [7, 11) is 0. The van der Waals surface area contributed by atoms with E-state index in [1.54, 1.807) is 0 Å². The quantitative estimate of drug-likeness (QED) is 0.842. The maximum absolute atomic E-state index is 5.85. The van der Waals surface area contributed by atoms with E-state index in [0.29, 0.717) is 6.04 Å². The third-order valence-electron chi connectivity index (χ3n) is 3.36. The second kappa shape index (κ2) is 5.97. The van der Waals surface area contributed by atoms with Crippen LogP contribution in [-0.4, -0.2) is 29.0 Å². The molecule has 3 heteroatoms. The first-order chi connectivity index (χ1) is 7.90. The predicted octanol–water partition coefficient (Wildman–Crippen LogP) is 1.78. The molecule has 0 spiro atoms. The van der Waals surface area contributed by atoms with Gasteiger partial charge in [0.15, 0.2) is 0 Å². The average molecular weight is 219 g/mol. The van der Waals surface area contributed by atoms with Crippen LogP contribution in [0.15, 0.2) is 24.4 Å². The van der Waals surface area contributed by atoms with E-state index in [1.165, 1.54) is 32.2 Å². The van der Waals surface area contributed by atoms with Gasteiger partial charge in [-0.25, -0.2) is 0 Å². The van der Waals surface area contributed by atoms with Gasteiger partial charge in [-0.15, -0.1) is 0 Å². The summed E-state index contributed by atoms with van der Waals surface area (Å²) >= 11 is 0. The third kappa shape index (κ3) is 3.03. The van der Waals surface area contributed by atoms with E-state index in [2.05, 4.69) is 22.0 Å². The van der Waals surface area contributed by atoms with Gasteiger partial charge in [0, 0.05) is 25.3 Å². The maximum atomic E-state index is 5.85. The van der Waals surface area contributed by atoms with Gasteiger partial charge in [-0.1, -0.05) is 18.9 Å². The summed E-state index contributed by atoms with van der Waals surface area (Å²) in [4.78, 5) is 6.89. The van der Waals surface area contributed by atoms with Crippen LogP contribution in [0.5, 0.6) is 0 Å². The summed E-state index contributed by atoms with van der Waals surface area (Å²) in [5.41, 5.74) is 7.01. The number of hydrogen-bond donors (Lipinski definition) is 1. The van der Waals surface area contributed by atoms with Crippen molar-refractivity contribution in [3.05, 3.63) is 30.1 Å². The molecule has 88 valence electrons. The monoisotopic (exact) mass is 219 g/mol. The molecule has 3 nitrogen and oxygen atoms in total. The Kier molecular flexibility index (Phi) is 4.31. The molecule has 1 unspecified atom stereocenters. The van der Waals surface area contributed by atoms with Crippen molar-refractivity contribution in [2.45, 2.75) is 38.3 Å². The van der Waals surface area contributed by atoms with E-state index < -0.39 is 0 Å². The second-order valence-electron chi connectivity index (χ2n) is 4.53. The average Bonchev–Trinajstić information content (AvgIpc) is 2.55. The van der Waals surface area contributed by atoms with Crippen LogP contribution in [0.1, 0.15) is 31.4 Å². The van der Waals surface area contributed by atoms with Gasteiger partial charge in [-0.3, -0.25) is 9.88 Å². The fourth-order valence-corrected chi connectivity index (χ4v) is 2.41.